The molecule has 1 aromatic heterocycles. The van der Waals surface area contributed by atoms with Crippen LogP contribution in [-0.4, -0.2) is 18.1 Å². The molecule has 4 heteroatoms. The standard InChI is InChI=1S/C14H14BrNO2.2C2H6/c1-8-11-5-4-10(15)6-13(11)16-9(2)12(8)7-14(17)18-3;2*1-2/h4-6H,7H2,1-3H3;2*1-2H3. The third-order valence-corrected chi connectivity index (χ3v) is 3.58. The lowest BCUT2D eigenvalue weighted by Gasteiger charge is -2.11. The Kier molecular flexibility index (Phi) is 9.66. The number of nitrogens with zero attached hydrogens (tertiary/aromatic N) is 1. The Bertz CT molecular complexity index is 624. The Morgan fingerprint density at radius 3 is 2.32 bits per heavy atom. The van der Waals surface area contributed by atoms with Crippen molar-refractivity contribution in [1.29, 1.82) is 0 Å². The van der Waals surface area contributed by atoms with Gasteiger partial charge < -0.3 is 4.74 Å². The second kappa shape index (κ2) is 10.3. The summed E-state index contributed by atoms with van der Waals surface area (Å²) in [5.74, 6) is -0.237. The van der Waals surface area contributed by atoms with Crippen molar-refractivity contribution < 1.29 is 9.53 Å². The fourth-order valence-corrected chi connectivity index (χ4v) is 2.42. The highest BCUT2D eigenvalue weighted by Crippen LogP contribution is 2.25. The average Bonchev–Trinajstić information content (AvgIpc) is 2.54. The van der Waals surface area contributed by atoms with Crippen LogP contribution >= 0.6 is 15.9 Å². The van der Waals surface area contributed by atoms with Crippen LogP contribution in [0.2, 0.25) is 0 Å². The molecule has 3 nitrogen and oxygen atoms in total. The second-order valence-corrected chi connectivity index (χ2v) is 5.13. The van der Waals surface area contributed by atoms with Gasteiger partial charge in [-0.05, 0) is 37.1 Å². The molecule has 0 saturated carbocycles. The van der Waals surface area contributed by atoms with Crippen molar-refractivity contribution in [3.63, 3.8) is 0 Å². The summed E-state index contributed by atoms with van der Waals surface area (Å²) in [7, 11) is 1.40. The SMILES string of the molecule is CC.CC.COC(=O)Cc1c(C)nc2cc(Br)ccc2c1C. The molecule has 1 aromatic carbocycles. The Morgan fingerprint density at radius 1 is 1.18 bits per heavy atom. The molecule has 0 spiro atoms. The number of aryl methyl sites for hydroxylation is 2. The molecule has 0 unspecified atom stereocenters. The van der Waals surface area contributed by atoms with Crippen molar-refractivity contribution >= 4 is 32.8 Å². The third-order valence-electron chi connectivity index (χ3n) is 3.09. The molecule has 122 valence electrons. The molecule has 0 N–H and O–H groups in total. The average molecular weight is 368 g/mol. The largest absolute Gasteiger partial charge is 0.469 e. The molecule has 0 atom stereocenters. The minimum Gasteiger partial charge on any atom is -0.469 e. The van der Waals surface area contributed by atoms with Crippen molar-refractivity contribution in [1.82, 2.24) is 4.98 Å². The van der Waals surface area contributed by atoms with Gasteiger partial charge in [0.1, 0.15) is 0 Å². The van der Waals surface area contributed by atoms with Gasteiger partial charge >= 0.3 is 5.97 Å². The number of hydrogen-bond donors (Lipinski definition) is 0. The Hall–Kier alpha value is -1.42. The van der Waals surface area contributed by atoms with E-state index in [-0.39, 0.29) is 12.4 Å². The van der Waals surface area contributed by atoms with Crippen LogP contribution in [0.3, 0.4) is 0 Å². The molecule has 2 rings (SSSR count). The number of ether oxygens (including phenoxy) is 1. The monoisotopic (exact) mass is 367 g/mol. The summed E-state index contributed by atoms with van der Waals surface area (Å²) in [6, 6.07) is 5.98. The fourth-order valence-electron chi connectivity index (χ4n) is 2.07. The van der Waals surface area contributed by atoms with E-state index in [4.69, 9.17) is 4.74 Å². The molecule has 0 saturated heterocycles. The van der Waals surface area contributed by atoms with Gasteiger partial charge in [-0.2, -0.15) is 0 Å². The molecular formula is C18H26BrNO2. The minimum absolute atomic E-state index is 0.237. The summed E-state index contributed by atoms with van der Waals surface area (Å²) in [6.07, 6.45) is 0.271. The maximum Gasteiger partial charge on any atom is 0.310 e. The van der Waals surface area contributed by atoms with Gasteiger partial charge in [0.05, 0.1) is 19.0 Å². The first kappa shape index (κ1) is 20.6. The molecule has 2 aromatic rings. The van der Waals surface area contributed by atoms with E-state index in [9.17, 15) is 4.79 Å². The van der Waals surface area contributed by atoms with Gasteiger partial charge in [-0.15, -0.1) is 0 Å². The molecule has 1 heterocycles. The number of halogens is 1. The molecule has 0 aliphatic rings. The summed E-state index contributed by atoms with van der Waals surface area (Å²) < 4.78 is 5.72. The van der Waals surface area contributed by atoms with Crippen LogP contribution in [0.1, 0.15) is 44.5 Å². The Morgan fingerprint density at radius 2 is 1.77 bits per heavy atom. The number of carbonyl (C=O) groups is 1. The summed E-state index contributed by atoms with van der Waals surface area (Å²) in [4.78, 5) is 16.0. The fraction of sp³-hybridized carbons (Fsp3) is 0.444. The number of fused-ring (bicyclic) bond motifs is 1. The predicted molar refractivity (Wildman–Crippen MR) is 97.3 cm³/mol. The highest BCUT2D eigenvalue weighted by molar-refractivity contribution is 9.10. The van der Waals surface area contributed by atoms with Gasteiger partial charge in [0.25, 0.3) is 0 Å². The van der Waals surface area contributed by atoms with Crippen LogP contribution in [0.15, 0.2) is 22.7 Å². The summed E-state index contributed by atoms with van der Waals surface area (Å²) in [6.45, 7) is 11.9. The van der Waals surface area contributed by atoms with Crippen LogP contribution in [0.25, 0.3) is 10.9 Å². The lowest BCUT2D eigenvalue weighted by Crippen LogP contribution is -2.09. The minimum atomic E-state index is -0.237. The van der Waals surface area contributed by atoms with E-state index in [1.54, 1.807) is 0 Å². The van der Waals surface area contributed by atoms with Gasteiger partial charge in [0.2, 0.25) is 0 Å². The highest BCUT2D eigenvalue weighted by atomic mass is 79.9. The number of methoxy groups -OCH3 is 1. The highest BCUT2D eigenvalue weighted by Gasteiger charge is 2.13. The number of hydrogen-bond acceptors (Lipinski definition) is 3. The van der Waals surface area contributed by atoms with Crippen molar-refractivity contribution in [2.75, 3.05) is 7.11 Å². The molecule has 22 heavy (non-hydrogen) atoms. The number of esters is 1. The first-order valence-electron chi connectivity index (χ1n) is 7.65. The lowest BCUT2D eigenvalue weighted by atomic mass is 10.00. The van der Waals surface area contributed by atoms with E-state index in [2.05, 4.69) is 20.9 Å². The van der Waals surface area contributed by atoms with E-state index in [1.165, 1.54) is 7.11 Å². The molecule has 0 amide bonds. The number of aromatic nitrogens is 1. The predicted octanol–water partition coefficient (Wildman–Crippen LogP) is 5.38. The zero-order valence-electron chi connectivity index (χ0n) is 14.6. The van der Waals surface area contributed by atoms with E-state index in [1.807, 2.05) is 59.7 Å². The number of benzene rings is 1. The van der Waals surface area contributed by atoms with Gasteiger partial charge in [-0.1, -0.05) is 49.7 Å². The van der Waals surface area contributed by atoms with E-state index in [0.29, 0.717) is 0 Å². The molecule has 0 aliphatic heterocycles. The van der Waals surface area contributed by atoms with E-state index in [0.717, 1.165) is 32.2 Å². The smallest absolute Gasteiger partial charge is 0.310 e. The number of pyridine rings is 1. The van der Waals surface area contributed by atoms with Crippen LogP contribution in [-0.2, 0) is 16.0 Å². The van der Waals surface area contributed by atoms with Crippen molar-refractivity contribution in [2.24, 2.45) is 0 Å². The van der Waals surface area contributed by atoms with Crippen molar-refractivity contribution in [3.05, 3.63) is 39.5 Å². The maximum atomic E-state index is 11.4. The van der Waals surface area contributed by atoms with Gasteiger partial charge in [-0.25, -0.2) is 0 Å². The first-order chi connectivity index (χ1) is 10.5. The first-order valence-corrected chi connectivity index (χ1v) is 8.44. The number of rotatable bonds is 2. The van der Waals surface area contributed by atoms with E-state index >= 15 is 0 Å². The lowest BCUT2D eigenvalue weighted by molar-refractivity contribution is -0.139. The van der Waals surface area contributed by atoms with Crippen LogP contribution < -0.4 is 0 Å². The quantitative estimate of drug-likeness (QED) is 0.668. The molecule has 0 radical (unpaired) electrons. The Labute approximate surface area is 142 Å². The van der Waals surface area contributed by atoms with Crippen LogP contribution in [0, 0.1) is 13.8 Å². The van der Waals surface area contributed by atoms with Crippen LogP contribution in [0.5, 0.6) is 0 Å². The topological polar surface area (TPSA) is 39.2 Å². The Balaban J connectivity index is 0.00000102. The zero-order chi connectivity index (χ0) is 17.3. The summed E-state index contributed by atoms with van der Waals surface area (Å²) in [5.41, 5.74) is 3.86. The maximum absolute atomic E-state index is 11.4. The van der Waals surface area contributed by atoms with Gasteiger partial charge in [0.15, 0.2) is 0 Å². The van der Waals surface area contributed by atoms with Gasteiger partial charge in [-0.3, -0.25) is 9.78 Å². The molecule has 0 bridgehead atoms. The van der Waals surface area contributed by atoms with Gasteiger partial charge in [0, 0.05) is 15.6 Å². The van der Waals surface area contributed by atoms with Crippen molar-refractivity contribution in [3.8, 4) is 0 Å². The second-order valence-electron chi connectivity index (χ2n) is 4.22. The molecule has 0 fully saturated rings. The normalized spacial score (nSPS) is 9.27. The zero-order valence-corrected chi connectivity index (χ0v) is 16.2. The molecular weight excluding hydrogens is 342 g/mol. The summed E-state index contributed by atoms with van der Waals surface area (Å²) >= 11 is 3.44. The van der Waals surface area contributed by atoms with Crippen molar-refractivity contribution in [2.45, 2.75) is 48.0 Å². The van der Waals surface area contributed by atoms with Crippen LogP contribution in [0.4, 0.5) is 0 Å². The number of carbonyl (C=O) groups excluding carboxylic acids is 1. The third kappa shape index (κ3) is 5.09. The molecule has 0 aliphatic carbocycles. The summed E-state index contributed by atoms with van der Waals surface area (Å²) in [5, 5.41) is 1.07. The van der Waals surface area contributed by atoms with E-state index < -0.39 is 0 Å².